The smallest absolute Gasteiger partial charge is 0.254 e. The third-order valence-electron chi connectivity index (χ3n) is 5.92. The van der Waals surface area contributed by atoms with Gasteiger partial charge in [-0.15, -0.1) is 0 Å². The third kappa shape index (κ3) is 3.21. The number of H-pyrrole nitrogens is 1. The number of ether oxygens (including phenoxy) is 1. The molecule has 5 rings (SSSR count). The fourth-order valence-electron chi connectivity index (χ4n) is 4.38. The van der Waals surface area contributed by atoms with Crippen LogP contribution < -0.4 is 0 Å². The number of aromatic nitrogens is 1. The highest BCUT2D eigenvalue weighted by Crippen LogP contribution is 2.28. The summed E-state index contributed by atoms with van der Waals surface area (Å²) < 4.78 is 5.45. The van der Waals surface area contributed by atoms with Crippen LogP contribution in [0.2, 0.25) is 0 Å². The molecule has 3 heterocycles. The first-order valence-electron chi connectivity index (χ1n) is 10.1. The minimum absolute atomic E-state index is 0.139. The topological polar surface area (TPSA) is 48.6 Å². The molecule has 1 amide bonds. The summed E-state index contributed by atoms with van der Waals surface area (Å²) in [7, 11) is 0. The molecule has 28 heavy (non-hydrogen) atoms. The number of aromatic amines is 1. The van der Waals surface area contributed by atoms with E-state index in [1.54, 1.807) is 0 Å². The van der Waals surface area contributed by atoms with Crippen molar-refractivity contribution in [1.82, 2.24) is 14.8 Å². The second-order valence-electron chi connectivity index (χ2n) is 7.65. The van der Waals surface area contributed by atoms with Crippen molar-refractivity contribution in [3.63, 3.8) is 0 Å². The van der Waals surface area contributed by atoms with E-state index in [-0.39, 0.29) is 5.91 Å². The first kappa shape index (κ1) is 17.5. The van der Waals surface area contributed by atoms with Gasteiger partial charge in [0.2, 0.25) is 0 Å². The maximum atomic E-state index is 13.4. The largest absolute Gasteiger partial charge is 0.379 e. The summed E-state index contributed by atoms with van der Waals surface area (Å²) in [6, 6.07) is 16.4. The van der Waals surface area contributed by atoms with Crippen molar-refractivity contribution in [2.24, 2.45) is 0 Å². The molecule has 2 aromatic carbocycles. The number of fused-ring (bicyclic) bond motifs is 3. The molecular weight excluding hydrogens is 350 g/mol. The number of benzene rings is 2. The van der Waals surface area contributed by atoms with Crippen LogP contribution >= 0.6 is 0 Å². The average Bonchev–Trinajstić information content (AvgIpc) is 3.12. The Balaban J connectivity index is 1.40. The van der Waals surface area contributed by atoms with Crippen LogP contribution in [0.25, 0.3) is 10.9 Å². The van der Waals surface area contributed by atoms with Crippen LogP contribution in [-0.2, 0) is 24.2 Å². The Kier molecular flexibility index (Phi) is 4.63. The Morgan fingerprint density at radius 3 is 2.68 bits per heavy atom. The maximum Gasteiger partial charge on any atom is 0.254 e. The van der Waals surface area contributed by atoms with Gasteiger partial charge in [0.15, 0.2) is 0 Å². The van der Waals surface area contributed by atoms with E-state index in [1.807, 2.05) is 23.1 Å². The predicted octanol–water partition coefficient (Wildman–Crippen LogP) is 3.20. The van der Waals surface area contributed by atoms with Gasteiger partial charge in [0.1, 0.15) is 0 Å². The maximum absolute atomic E-state index is 13.4. The summed E-state index contributed by atoms with van der Waals surface area (Å²) in [5.74, 6) is 0.139. The van der Waals surface area contributed by atoms with E-state index in [1.165, 1.54) is 16.6 Å². The fraction of sp³-hybridized carbons (Fsp3) is 0.348. The second-order valence-corrected chi connectivity index (χ2v) is 7.65. The summed E-state index contributed by atoms with van der Waals surface area (Å²) in [6.45, 7) is 5.61. The minimum Gasteiger partial charge on any atom is -0.379 e. The van der Waals surface area contributed by atoms with Crippen molar-refractivity contribution < 1.29 is 9.53 Å². The predicted molar refractivity (Wildman–Crippen MR) is 109 cm³/mol. The molecule has 1 saturated heterocycles. The van der Waals surface area contributed by atoms with Gasteiger partial charge in [-0.3, -0.25) is 9.69 Å². The fourth-order valence-corrected chi connectivity index (χ4v) is 4.38. The highest BCUT2D eigenvalue weighted by molar-refractivity contribution is 5.96. The Morgan fingerprint density at radius 1 is 1.00 bits per heavy atom. The molecule has 0 saturated carbocycles. The van der Waals surface area contributed by atoms with Crippen molar-refractivity contribution in [2.45, 2.75) is 19.5 Å². The number of para-hydroxylation sites is 1. The van der Waals surface area contributed by atoms with Crippen LogP contribution in [0.5, 0.6) is 0 Å². The zero-order valence-electron chi connectivity index (χ0n) is 16.0. The lowest BCUT2D eigenvalue weighted by Gasteiger charge is -2.30. The molecule has 2 aliphatic rings. The number of nitrogens with one attached hydrogen (secondary N) is 1. The number of hydrogen-bond donors (Lipinski definition) is 1. The van der Waals surface area contributed by atoms with Crippen LogP contribution in [-0.4, -0.2) is 53.5 Å². The zero-order valence-corrected chi connectivity index (χ0v) is 16.0. The third-order valence-corrected chi connectivity index (χ3v) is 5.92. The SMILES string of the molecule is O=C(c1ccccc1CN1CCOCC1)N1CCc2[nH]c3ccccc3c2C1. The Morgan fingerprint density at radius 2 is 1.79 bits per heavy atom. The van der Waals surface area contributed by atoms with E-state index >= 15 is 0 Å². The Hall–Kier alpha value is -2.63. The van der Waals surface area contributed by atoms with Crippen molar-refractivity contribution in [1.29, 1.82) is 0 Å². The zero-order chi connectivity index (χ0) is 18.9. The lowest BCUT2D eigenvalue weighted by atomic mass is 10.0. The van der Waals surface area contributed by atoms with Crippen LogP contribution in [0.3, 0.4) is 0 Å². The lowest BCUT2D eigenvalue weighted by Crippen LogP contribution is -2.38. The van der Waals surface area contributed by atoms with Crippen LogP contribution in [0.15, 0.2) is 48.5 Å². The first-order valence-corrected chi connectivity index (χ1v) is 10.1. The molecule has 1 fully saturated rings. The van der Waals surface area contributed by atoms with E-state index in [0.717, 1.165) is 62.5 Å². The molecule has 0 unspecified atom stereocenters. The summed E-state index contributed by atoms with van der Waals surface area (Å²) in [4.78, 5) is 21.3. The quantitative estimate of drug-likeness (QED) is 0.765. The van der Waals surface area contributed by atoms with E-state index in [0.29, 0.717) is 6.54 Å². The number of rotatable bonds is 3. The van der Waals surface area contributed by atoms with E-state index < -0.39 is 0 Å². The molecule has 0 spiro atoms. The van der Waals surface area contributed by atoms with Crippen LogP contribution in [0.4, 0.5) is 0 Å². The van der Waals surface area contributed by atoms with Gasteiger partial charge < -0.3 is 14.6 Å². The van der Waals surface area contributed by atoms with Gasteiger partial charge in [-0.05, 0) is 17.7 Å². The highest BCUT2D eigenvalue weighted by Gasteiger charge is 2.26. The van der Waals surface area contributed by atoms with Gasteiger partial charge in [0.05, 0.1) is 13.2 Å². The highest BCUT2D eigenvalue weighted by atomic mass is 16.5. The number of carbonyl (C=O) groups excluding carboxylic acids is 1. The van der Waals surface area contributed by atoms with Crippen molar-refractivity contribution in [3.05, 3.63) is 70.9 Å². The molecule has 5 nitrogen and oxygen atoms in total. The number of amides is 1. The van der Waals surface area contributed by atoms with Crippen molar-refractivity contribution >= 4 is 16.8 Å². The summed E-state index contributed by atoms with van der Waals surface area (Å²) in [6.07, 6.45) is 0.876. The molecule has 144 valence electrons. The standard InChI is InChI=1S/C23H25N3O2/c27-23(18-6-2-1-5-17(18)15-25-11-13-28-14-12-25)26-10-9-22-20(16-26)19-7-3-4-8-21(19)24-22/h1-8,24H,9-16H2. The van der Waals surface area contributed by atoms with Gasteiger partial charge in [-0.2, -0.15) is 0 Å². The van der Waals surface area contributed by atoms with E-state index in [4.69, 9.17) is 4.74 Å². The van der Waals surface area contributed by atoms with Crippen LogP contribution in [0, 0.1) is 0 Å². The van der Waals surface area contributed by atoms with E-state index in [2.05, 4.69) is 40.2 Å². The average molecular weight is 375 g/mol. The monoisotopic (exact) mass is 375 g/mol. The second kappa shape index (κ2) is 7.41. The summed E-state index contributed by atoms with van der Waals surface area (Å²) in [5.41, 5.74) is 5.64. The lowest BCUT2D eigenvalue weighted by molar-refractivity contribution is 0.0339. The van der Waals surface area contributed by atoms with Gasteiger partial charge >= 0.3 is 0 Å². The van der Waals surface area contributed by atoms with Crippen LogP contribution in [0.1, 0.15) is 27.2 Å². The van der Waals surface area contributed by atoms with E-state index in [9.17, 15) is 4.79 Å². The number of morpholine rings is 1. The van der Waals surface area contributed by atoms with Gasteiger partial charge in [0.25, 0.3) is 5.91 Å². The Labute approximate surface area is 164 Å². The first-order chi connectivity index (χ1) is 13.8. The number of hydrogen-bond acceptors (Lipinski definition) is 3. The molecule has 1 aromatic heterocycles. The molecule has 0 radical (unpaired) electrons. The Bertz CT molecular complexity index is 1000. The summed E-state index contributed by atoms with van der Waals surface area (Å²) in [5, 5.41) is 1.23. The molecule has 3 aromatic rings. The number of nitrogens with zero attached hydrogens (tertiary/aromatic N) is 2. The molecule has 0 bridgehead atoms. The molecule has 5 heteroatoms. The summed E-state index contributed by atoms with van der Waals surface area (Å²) >= 11 is 0. The normalized spacial score (nSPS) is 17.6. The number of carbonyl (C=O) groups is 1. The van der Waals surface area contributed by atoms with Gasteiger partial charge in [0, 0.05) is 66.9 Å². The molecule has 1 N–H and O–H groups in total. The van der Waals surface area contributed by atoms with Gasteiger partial charge in [-0.25, -0.2) is 0 Å². The molecular formula is C23H25N3O2. The van der Waals surface area contributed by atoms with Crippen molar-refractivity contribution in [2.75, 3.05) is 32.8 Å². The minimum atomic E-state index is 0.139. The van der Waals surface area contributed by atoms with Gasteiger partial charge in [-0.1, -0.05) is 36.4 Å². The molecule has 0 atom stereocenters. The molecule has 0 aliphatic carbocycles. The molecule has 2 aliphatic heterocycles. The van der Waals surface area contributed by atoms with Crippen molar-refractivity contribution in [3.8, 4) is 0 Å².